The minimum absolute atomic E-state index is 0.288. The van der Waals surface area contributed by atoms with Gasteiger partial charge in [0.1, 0.15) is 29.6 Å². The first-order chi connectivity index (χ1) is 16.0. The van der Waals surface area contributed by atoms with Crippen molar-refractivity contribution in [3.63, 3.8) is 0 Å². The molecule has 0 saturated heterocycles. The van der Waals surface area contributed by atoms with Crippen molar-refractivity contribution in [3.05, 3.63) is 66.4 Å². The normalized spacial score (nSPS) is 11.6. The Balaban J connectivity index is 1.43. The summed E-state index contributed by atoms with van der Waals surface area (Å²) in [6.45, 7) is 8.30. The third-order valence-electron chi connectivity index (χ3n) is 5.28. The molecule has 0 fully saturated rings. The molecule has 8 nitrogen and oxygen atoms in total. The number of nitrogens with one attached hydrogen (secondary N) is 1. The van der Waals surface area contributed by atoms with Gasteiger partial charge in [-0.15, -0.1) is 0 Å². The van der Waals surface area contributed by atoms with Gasteiger partial charge in [-0.05, 0) is 42.2 Å². The first-order valence-corrected chi connectivity index (χ1v) is 10.9. The van der Waals surface area contributed by atoms with Gasteiger partial charge in [0, 0.05) is 0 Å². The predicted octanol–water partition coefficient (Wildman–Crippen LogP) is 6.09. The SMILES string of the molecule is CC(C)c1coc(-c2cccc(-c3cc(-c4cccc(-c5nc(C(C)C)co5)n4)[nH]n3)n2)n1. The van der Waals surface area contributed by atoms with Crippen LogP contribution in [0.4, 0.5) is 0 Å². The Morgan fingerprint density at radius 3 is 1.70 bits per heavy atom. The van der Waals surface area contributed by atoms with Crippen molar-refractivity contribution in [3.8, 4) is 45.9 Å². The summed E-state index contributed by atoms with van der Waals surface area (Å²) in [5, 5.41) is 7.50. The van der Waals surface area contributed by atoms with Gasteiger partial charge in [-0.3, -0.25) is 5.10 Å². The van der Waals surface area contributed by atoms with Crippen molar-refractivity contribution in [2.45, 2.75) is 39.5 Å². The van der Waals surface area contributed by atoms with E-state index < -0.39 is 0 Å². The molecule has 0 spiro atoms. The summed E-state index contributed by atoms with van der Waals surface area (Å²) < 4.78 is 11.2. The van der Waals surface area contributed by atoms with E-state index in [9.17, 15) is 0 Å². The predicted molar refractivity (Wildman–Crippen MR) is 124 cm³/mol. The number of oxazole rings is 2. The molecule has 5 rings (SSSR count). The molecule has 0 aliphatic carbocycles. The molecule has 0 unspecified atom stereocenters. The zero-order valence-corrected chi connectivity index (χ0v) is 18.9. The Morgan fingerprint density at radius 2 is 1.15 bits per heavy atom. The number of H-pyrrole nitrogens is 1. The summed E-state index contributed by atoms with van der Waals surface area (Å²) in [5.41, 5.74) is 6.05. The Bertz CT molecular complexity index is 1290. The van der Waals surface area contributed by atoms with Crippen molar-refractivity contribution in [1.82, 2.24) is 30.1 Å². The van der Waals surface area contributed by atoms with Crippen LogP contribution in [0.15, 0.2) is 63.8 Å². The second-order valence-corrected chi connectivity index (χ2v) is 8.45. The summed E-state index contributed by atoms with van der Waals surface area (Å²) in [5.74, 6) is 1.58. The zero-order chi connectivity index (χ0) is 22.9. The molecule has 5 heterocycles. The molecule has 33 heavy (non-hydrogen) atoms. The molecule has 5 aromatic heterocycles. The van der Waals surface area contributed by atoms with Crippen molar-refractivity contribution < 1.29 is 8.83 Å². The molecule has 166 valence electrons. The number of nitrogens with zero attached hydrogens (tertiary/aromatic N) is 5. The van der Waals surface area contributed by atoms with E-state index in [-0.39, 0.29) is 11.8 Å². The van der Waals surface area contributed by atoms with Gasteiger partial charge < -0.3 is 8.83 Å². The monoisotopic (exact) mass is 440 g/mol. The molecular formula is C25H24N6O2. The largest absolute Gasteiger partial charge is 0.443 e. The number of aromatic amines is 1. The minimum Gasteiger partial charge on any atom is -0.443 e. The van der Waals surface area contributed by atoms with E-state index in [4.69, 9.17) is 18.8 Å². The second-order valence-electron chi connectivity index (χ2n) is 8.45. The van der Waals surface area contributed by atoms with Gasteiger partial charge in [0.25, 0.3) is 0 Å². The van der Waals surface area contributed by atoms with E-state index in [0.29, 0.717) is 34.6 Å². The first-order valence-electron chi connectivity index (χ1n) is 10.9. The van der Waals surface area contributed by atoms with Crippen LogP contribution in [-0.2, 0) is 0 Å². The number of rotatable bonds is 6. The van der Waals surface area contributed by atoms with Crippen LogP contribution in [0.25, 0.3) is 45.9 Å². The van der Waals surface area contributed by atoms with Gasteiger partial charge in [-0.25, -0.2) is 19.9 Å². The molecule has 0 bridgehead atoms. The highest BCUT2D eigenvalue weighted by atomic mass is 16.3. The van der Waals surface area contributed by atoms with E-state index in [1.807, 2.05) is 42.5 Å². The van der Waals surface area contributed by atoms with Gasteiger partial charge in [-0.1, -0.05) is 39.8 Å². The Morgan fingerprint density at radius 1 is 0.636 bits per heavy atom. The molecule has 1 N–H and O–H groups in total. The van der Waals surface area contributed by atoms with Crippen LogP contribution in [0.5, 0.6) is 0 Å². The van der Waals surface area contributed by atoms with Gasteiger partial charge in [0.15, 0.2) is 0 Å². The smallest absolute Gasteiger partial charge is 0.245 e. The highest BCUT2D eigenvalue weighted by Gasteiger charge is 2.15. The van der Waals surface area contributed by atoms with Crippen LogP contribution in [0.1, 0.15) is 50.9 Å². The van der Waals surface area contributed by atoms with E-state index >= 15 is 0 Å². The van der Waals surface area contributed by atoms with Crippen molar-refractivity contribution in [2.75, 3.05) is 0 Å². The van der Waals surface area contributed by atoms with Gasteiger partial charge in [-0.2, -0.15) is 5.10 Å². The van der Waals surface area contributed by atoms with Crippen LogP contribution in [-0.4, -0.2) is 30.1 Å². The molecule has 0 aliphatic rings. The summed E-state index contributed by atoms with van der Waals surface area (Å²) >= 11 is 0. The fraction of sp³-hybridized carbons (Fsp3) is 0.240. The lowest BCUT2D eigenvalue weighted by Gasteiger charge is -2.00. The van der Waals surface area contributed by atoms with Crippen LogP contribution in [0, 0.1) is 0 Å². The van der Waals surface area contributed by atoms with Crippen molar-refractivity contribution in [2.24, 2.45) is 0 Å². The molecular weight excluding hydrogens is 416 g/mol. The molecule has 5 aromatic rings. The fourth-order valence-corrected chi connectivity index (χ4v) is 3.32. The van der Waals surface area contributed by atoms with Gasteiger partial charge >= 0.3 is 0 Å². The number of hydrogen-bond acceptors (Lipinski definition) is 7. The van der Waals surface area contributed by atoms with Crippen LogP contribution in [0.2, 0.25) is 0 Å². The quantitative estimate of drug-likeness (QED) is 0.340. The Hall–Kier alpha value is -4.07. The van der Waals surface area contributed by atoms with Crippen molar-refractivity contribution >= 4 is 0 Å². The molecule has 0 atom stereocenters. The maximum absolute atomic E-state index is 5.62. The average Bonchev–Trinajstić information content (AvgIpc) is 3.60. The summed E-state index contributed by atoms with van der Waals surface area (Å²) in [6.07, 6.45) is 3.36. The minimum atomic E-state index is 0.288. The number of pyridine rings is 2. The first kappa shape index (κ1) is 20.8. The number of aromatic nitrogens is 6. The lowest BCUT2D eigenvalue weighted by molar-refractivity contribution is 0.568. The Labute approximate surface area is 191 Å². The highest BCUT2D eigenvalue weighted by Crippen LogP contribution is 2.27. The summed E-state index contributed by atoms with van der Waals surface area (Å²) in [7, 11) is 0. The highest BCUT2D eigenvalue weighted by molar-refractivity contribution is 5.67. The maximum atomic E-state index is 5.62. The third-order valence-corrected chi connectivity index (χ3v) is 5.28. The lowest BCUT2D eigenvalue weighted by atomic mass is 10.2. The van der Waals surface area contributed by atoms with E-state index in [2.05, 4.69) is 47.9 Å². The van der Waals surface area contributed by atoms with Crippen LogP contribution >= 0.6 is 0 Å². The lowest BCUT2D eigenvalue weighted by Crippen LogP contribution is -1.90. The third kappa shape index (κ3) is 4.19. The topological polar surface area (TPSA) is 107 Å². The van der Waals surface area contributed by atoms with Gasteiger partial charge in [0.05, 0.1) is 28.5 Å². The summed E-state index contributed by atoms with van der Waals surface area (Å²) in [4.78, 5) is 18.5. The zero-order valence-electron chi connectivity index (χ0n) is 18.9. The molecule has 8 heteroatoms. The van der Waals surface area contributed by atoms with E-state index in [0.717, 1.165) is 22.8 Å². The Kier molecular flexibility index (Phi) is 5.34. The number of hydrogen-bond donors (Lipinski definition) is 1. The summed E-state index contributed by atoms with van der Waals surface area (Å²) in [6, 6.07) is 13.3. The molecule has 0 aromatic carbocycles. The van der Waals surface area contributed by atoms with E-state index in [1.165, 1.54) is 0 Å². The maximum Gasteiger partial charge on any atom is 0.245 e. The molecule has 0 aliphatic heterocycles. The van der Waals surface area contributed by atoms with Crippen LogP contribution < -0.4 is 0 Å². The molecule has 0 amide bonds. The fourth-order valence-electron chi connectivity index (χ4n) is 3.32. The second kappa shape index (κ2) is 8.46. The molecule has 0 radical (unpaired) electrons. The standard InChI is InChI=1S/C25H24N6O2/c1-14(2)22-12-32-24(28-22)18-9-5-7-16(26-18)20-11-21(31-30-20)17-8-6-10-19(27-17)25-29-23(13-33-25)15(3)4/h5-15H,1-4H3,(H,30,31). The van der Waals surface area contributed by atoms with Crippen molar-refractivity contribution in [1.29, 1.82) is 0 Å². The average molecular weight is 441 g/mol. The van der Waals surface area contributed by atoms with Crippen LogP contribution in [0.3, 0.4) is 0 Å². The molecule has 0 saturated carbocycles. The van der Waals surface area contributed by atoms with Gasteiger partial charge in [0.2, 0.25) is 11.8 Å². The van der Waals surface area contributed by atoms with E-state index in [1.54, 1.807) is 12.5 Å².